The van der Waals surface area contributed by atoms with Crippen molar-refractivity contribution in [3.63, 3.8) is 0 Å². The number of hydrogen-bond acceptors (Lipinski definition) is 5. The van der Waals surface area contributed by atoms with Crippen molar-refractivity contribution in [3.8, 4) is 0 Å². The molecule has 17 heavy (non-hydrogen) atoms. The lowest BCUT2D eigenvalue weighted by Crippen LogP contribution is -2.09. The molecule has 1 aromatic carbocycles. The van der Waals surface area contributed by atoms with E-state index in [9.17, 15) is 18.0 Å². The Labute approximate surface area is 102 Å². The van der Waals surface area contributed by atoms with Crippen LogP contribution in [0.3, 0.4) is 0 Å². The minimum Gasteiger partial charge on any atom is -0.465 e. The molecule has 1 rings (SSSR count). The van der Waals surface area contributed by atoms with Gasteiger partial charge in [0.1, 0.15) is 4.90 Å². The molecule has 0 spiro atoms. The summed E-state index contributed by atoms with van der Waals surface area (Å²) in [6.45, 7) is 0. The van der Waals surface area contributed by atoms with Crippen LogP contribution in [-0.2, 0) is 19.6 Å². The Balaban J connectivity index is 3.63. The minimum atomic E-state index is -4.36. The van der Waals surface area contributed by atoms with Crippen LogP contribution in [0.4, 0.5) is 0 Å². The molecule has 0 heterocycles. The fraction of sp³-hybridized carbons (Fsp3) is 0.111. The Morgan fingerprint density at radius 2 is 2.12 bits per heavy atom. The topological polar surface area (TPSA) is 89.9 Å². The molecule has 1 aromatic rings. The first kappa shape index (κ1) is 13.4. The lowest BCUT2D eigenvalue weighted by Gasteiger charge is -2.06. The summed E-state index contributed by atoms with van der Waals surface area (Å²) >= 11 is 5.67. The number of isocyanates is 1. The second-order valence-corrected chi connectivity index (χ2v) is 4.71. The number of benzene rings is 1. The Morgan fingerprint density at radius 1 is 1.47 bits per heavy atom. The first-order valence-corrected chi connectivity index (χ1v) is 5.97. The molecule has 90 valence electrons. The van der Waals surface area contributed by atoms with Gasteiger partial charge in [0.15, 0.2) is 0 Å². The first-order valence-electron chi connectivity index (χ1n) is 4.15. The van der Waals surface area contributed by atoms with Crippen molar-refractivity contribution in [2.45, 2.75) is 4.90 Å². The van der Waals surface area contributed by atoms with Crippen molar-refractivity contribution >= 4 is 33.7 Å². The minimum absolute atomic E-state index is 0.230. The molecule has 0 aliphatic rings. The largest absolute Gasteiger partial charge is 0.465 e. The molecule has 6 nitrogen and oxygen atoms in total. The summed E-state index contributed by atoms with van der Waals surface area (Å²) in [5.74, 6) is -0.896. The van der Waals surface area contributed by atoms with Gasteiger partial charge in [-0.15, -0.1) is 0 Å². The molecular formula is C9H6ClNO5S. The monoisotopic (exact) mass is 275 g/mol. The van der Waals surface area contributed by atoms with Gasteiger partial charge in [-0.2, -0.15) is 8.42 Å². The van der Waals surface area contributed by atoms with Crippen LogP contribution >= 0.6 is 11.6 Å². The summed E-state index contributed by atoms with van der Waals surface area (Å²) in [5.41, 5.74) is -0.293. The maximum absolute atomic E-state index is 11.6. The SMILES string of the molecule is COC(=O)c1cccc(Cl)c1S(=O)(=O)N=C=O. The molecule has 0 atom stereocenters. The van der Waals surface area contributed by atoms with E-state index in [0.717, 1.165) is 13.2 Å². The fourth-order valence-corrected chi connectivity index (χ4v) is 2.54. The average molecular weight is 276 g/mol. The van der Waals surface area contributed by atoms with Gasteiger partial charge >= 0.3 is 5.97 Å². The highest BCUT2D eigenvalue weighted by molar-refractivity contribution is 7.90. The highest BCUT2D eigenvalue weighted by Crippen LogP contribution is 2.27. The third kappa shape index (κ3) is 2.71. The van der Waals surface area contributed by atoms with E-state index >= 15 is 0 Å². The highest BCUT2D eigenvalue weighted by Gasteiger charge is 2.25. The van der Waals surface area contributed by atoms with E-state index in [0.29, 0.717) is 0 Å². The van der Waals surface area contributed by atoms with Crippen molar-refractivity contribution in [1.82, 2.24) is 0 Å². The van der Waals surface area contributed by atoms with Gasteiger partial charge in [-0.1, -0.05) is 22.1 Å². The van der Waals surface area contributed by atoms with Crippen molar-refractivity contribution in [3.05, 3.63) is 28.8 Å². The summed E-state index contributed by atoms with van der Waals surface area (Å²) in [6.07, 6.45) is 0.894. The van der Waals surface area contributed by atoms with Crippen LogP contribution in [0.5, 0.6) is 0 Å². The van der Waals surface area contributed by atoms with Gasteiger partial charge in [-0.25, -0.2) is 9.59 Å². The number of nitrogens with zero attached hydrogens (tertiary/aromatic N) is 1. The predicted molar refractivity (Wildman–Crippen MR) is 58.1 cm³/mol. The molecular weight excluding hydrogens is 270 g/mol. The lowest BCUT2D eigenvalue weighted by atomic mass is 10.2. The normalized spacial score (nSPS) is 10.5. The summed E-state index contributed by atoms with van der Waals surface area (Å²) in [5, 5.41) is -0.230. The molecule has 0 aliphatic carbocycles. The highest BCUT2D eigenvalue weighted by atomic mass is 35.5. The van der Waals surface area contributed by atoms with Gasteiger partial charge in [0.05, 0.1) is 17.7 Å². The standard InChI is InChI=1S/C9H6ClNO5S/c1-16-9(13)6-3-2-4-7(10)8(6)17(14,15)11-5-12/h2-4H,1H3. The van der Waals surface area contributed by atoms with Gasteiger partial charge in [0.25, 0.3) is 16.1 Å². The van der Waals surface area contributed by atoms with E-state index in [1.807, 2.05) is 0 Å². The molecule has 0 aromatic heterocycles. The Morgan fingerprint density at radius 3 is 2.65 bits per heavy atom. The van der Waals surface area contributed by atoms with Gasteiger partial charge in [-0.05, 0) is 12.1 Å². The molecule has 0 unspecified atom stereocenters. The second-order valence-electron chi connectivity index (χ2n) is 2.77. The van der Waals surface area contributed by atoms with Gasteiger partial charge in [0.2, 0.25) is 0 Å². The molecule has 0 aliphatic heterocycles. The zero-order chi connectivity index (χ0) is 13.1. The molecule has 0 fully saturated rings. The predicted octanol–water partition coefficient (Wildman–Crippen LogP) is 1.15. The number of carbonyl (C=O) groups is 1. The van der Waals surface area contributed by atoms with Crippen LogP contribution in [0.15, 0.2) is 27.5 Å². The number of rotatable bonds is 3. The van der Waals surface area contributed by atoms with E-state index in [2.05, 4.69) is 9.13 Å². The molecule has 0 amide bonds. The van der Waals surface area contributed by atoms with Crippen LogP contribution in [0.1, 0.15) is 10.4 Å². The van der Waals surface area contributed by atoms with Crippen LogP contribution in [-0.4, -0.2) is 27.6 Å². The van der Waals surface area contributed by atoms with Crippen LogP contribution in [0.2, 0.25) is 5.02 Å². The first-order chi connectivity index (χ1) is 7.94. The molecule has 0 saturated heterocycles. The maximum atomic E-state index is 11.6. The van der Waals surface area contributed by atoms with E-state index < -0.39 is 20.9 Å². The number of hydrogen-bond donors (Lipinski definition) is 0. The second kappa shape index (κ2) is 5.09. The zero-order valence-corrected chi connectivity index (χ0v) is 10.1. The van der Waals surface area contributed by atoms with Crippen molar-refractivity contribution < 1.29 is 22.7 Å². The number of sulfonamides is 1. The third-order valence-electron chi connectivity index (χ3n) is 1.79. The van der Waals surface area contributed by atoms with Crippen LogP contribution in [0, 0.1) is 0 Å². The summed E-state index contributed by atoms with van der Waals surface area (Å²) < 4.78 is 30.2. The van der Waals surface area contributed by atoms with E-state index in [4.69, 9.17) is 11.6 Å². The summed E-state index contributed by atoms with van der Waals surface area (Å²) in [4.78, 5) is 20.8. The third-order valence-corrected chi connectivity index (χ3v) is 3.49. The number of esters is 1. The van der Waals surface area contributed by atoms with Gasteiger partial charge in [-0.3, -0.25) is 0 Å². The molecule has 0 N–H and O–H groups in total. The molecule has 0 radical (unpaired) electrons. The van der Waals surface area contributed by atoms with Crippen molar-refractivity contribution in [1.29, 1.82) is 0 Å². The molecule has 0 bridgehead atoms. The summed E-state index contributed by atoms with van der Waals surface area (Å²) in [6, 6.07) is 3.82. The van der Waals surface area contributed by atoms with E-state index in [1.165, 1.54) is 18.2 Å². The molecule has 0 saturated carbocycles. The van der Waals surface area contributed by atoms with Crippen LogP contribution < -0.4 is 0 Å². The van der Waals surface area contributed by atoms with E-state index in [1.54, 1.807) is 0 Å². The number of ether oxygens (including phenoxy) is 1. The van der Waals surface area contributed by atoms with Gasteiger partial charge < -0.3 is 4.74 Å². The molecule has 8 heteroatoms. The van der Waals surface area contributed by atoms with E-state index in [-0.39, 0.29) is 10.6 Å². The zero-order valence-electron chi connectivity index (χ0n) is 8.51. The van der Waals surface area contributed by atoms with Gasteiger partial charge in [0, 0.05) is 0 Å². The summed E-state index contributed by atoms with van der Waals surface area (Å²) in [7, 11) is -3.27. The van der Waals surface area contributed by atoms with Crippen LogP contribution in [0.25, 0.3) is 0 Å². The number of halogens is 1. The quantitative estimate of drug-likeness (QED) is 0.469. The Kier molecular flexibility index (Phi) is 4.01. The number of methoxy groups -OCH3 is 1. The fourth-order valence-electron chi connectivity index (χ4n) is 1.14. The Bertz CT molecular complexity index is 604. The Hall–Kier alpha value is -1.69. The smallest absolute Gasteiger partial charge is 0.339 e. The maximum Gasteiger partial charge on any atom is 0.339 e. The van der Waals surface area contributed by atoms with Crippen molar-refractivity contribution in [2.24, 2.45) is 4.40 Å². The van der Waals surface area contributed by atoms with Crippen molar-refractivity contribution in [2.75, 3.05) is 7.11 Å². The average Bonchev–Trinajstić information content (AvgIpc) is 2.27. The lowest BCUT2D eigenvalue weighted by molar-refractivity contribution is 0.0596. The number of carbonyl (C=O) groups excluding carboxylic acids is 2.